The number of carboxylic acid groups (broad SMARTS) is 1. The molecule has 0 radical (unpaired) electrons. The maximum atomic E-state index is 12.5. The summed E-state index contributed by atoms with van der Waals surface area (Å²) in [5.41, 5.74) is 0.627. The molecule has 0 atom stereocenters. The molecule has 0 unspecified atom stereocenters. The van der Waals surface area contributed by atoms with Gasteiger partial charge in [-0.25, -0.2) is 8.42 Å². The number of sulfonamides is 1. The van der Waals surface area contributed by atoms with E-state index in [1.807, 2.05) is 0 Å². The summed E-state index contributed by atoms with van der Waals surface area (Å²) in [6.07, 6.45) is 0. The zero-order chi connectivity index (χ0) is 14.8. The topological polar surface area (TPSA) is 74.7 Å². The number of carbonyl (C=O) groups is 1. The lowest BCUT2D eigenvalue weighted by atomic mass is 10.2. The van der Waals surface area contributed by atoms with Crippen molar-refractivity contribution >= 4 is 27.6 Å². The summed E-state index contributed by atoms with van der Waals surface area (Å²) in [6.45, 7) is 4.33. The second-order valence-corrected chi connectivity index (χ2v) is 6.66. The Morgan fingerprint density at radius 3 is 2.47 bits per heavy atom. The van der Waals surface area contributed by atoms with Crippen molar-refractivity contribution in [1.29, 1.82) is 0 Å². The van der Waals surface area contributed by atoms with Crippen molar-refractivity contribution in [1.82, 2.24) is 4.31 Å². The molecule has 0 heterocycles. The highest BCUT2D eigenvalue weighted by Crippen LogP contribution is 2.28. The van der Waals surface area contributed by atoms with Crippen molar-refractivity contribution in [3.63, 3.8) is 0 Å². The predicted molar refractivity (Wildman–Crippen MR) is 72.9 cm³/mol. The predicted octanol–water partition coefficient (Wildman–Crippen LogP) is 2.13. The summed E-state index contributed by atoms with van der Waals surface area (Å²) in [5.74, 6) is -1.21. The van der Waals surface area contributed by atoms with Crippen LogP contribution in [0.15, 0.2) is 23.1 Å². The maximum absolute atomic E-state index is 12.5. The molecule has 19 heavy (non-hydrogen) atoms. The lowest BCUT2D eigenvalue weighted by molar-refractivity contribution is -0.137. The number of nitrogens with zero attached hydrogens (tertiary/aromatic N) is 1. The normalized spacial score (nSPS) is 12.1. The van der Waals surface area contributed by atoms with E-state index in [1.165, 1.54) is 6.07 Å². The second-order valence-electron chi connectivity index (χ2n) is 4.42. The molecule has 0 bridgehead atoms. The third-order valence-corrected chi connectivity index (χ3v) is 5.29. The first-order valence-electron chi connectivity index (χ1n) is 5.66. The molecular formula is C12H16ClNO4S. The second kappa shape index (κ2) is 5.90. The van der Waals surface area contributed by atoms with Gasteiger partial charge >= 0.3 is 5.97 Å². The van der Waals surface area contributed by atoms with Crippen molar-refractivity contribution in [3.8, 4) is 0 Å². The van der Waals surface area contributed by atoms with E-state index in [2.05, 4.69) is 0 Å². The minimum absolute atomic E-state index is 0.0656. The van der Waals surface area contributed by atoms with Crippen LogP contribution in [0.5, 0.6) is 0 Å². The van der Waals surface area contributed by atoms with Gasteiger partial charge < -0.3 is 5.11 Å². The zero-order valence-corrected chi connectivity index (χ0v) is 12.5. The minimum Gasteiger partial charge on any atom is -0.480 e. The molecule has 0 saturated heterocycles. The largest absolute Gasteiger partial charge is 0.480 e. The molecule has 1 N–H and O–H groups in total. The molecule has 5 nitrogen and oxygen atoms in total. The van der Waals surface area contributed by atoms with Gasteiger partial charge in [0.1, 0.15) is 11.4 Å². The summed E-state index contributed by atoms with van der Waals surface area (Å²) in [6, 6.07) is 4.17. The molecule has 0 aliphatic rings. The van der Waals surface area contributed by atoms with Crippen molar-refractivity contribution in [2.75, 3.05) is 6.54 Å². The molecule has 1 rings (SSSR count). The minimum atomic E-state index is -3.93. The van der Waals surface area contributed by atoms with Crippen LogP contribution in [0.4, 0.5) is 0 Å². The number of benzene rings is 1. The molecular weight excluding hydrogens is 290 g/mol. The Kier molecular flexibility index (Phi) is 4.95. The molecule has 1 aromatic carbocycles. The van der Waals surface area contributed by atoms with Gasteiger partial charge in [-0.15, -0.1) is 0 Å². The van der Waals surface area contributed by atoms with Gasteiger partial charge in [0, 0.05) is 6.04 Å². The van der Waals surface area contributed by atoms with Crippen LogP contribution < -0.4 is 0 Å². The van der Waals surface area contributed by atoms with Crippen LogP contribution >= 0.6 is 11.6 Å². The van der Waals surface area contributed by atoms with E-state index < -0.39 is 28.6 Å². The number of hydrogen-bond donors (Lipinski definition) is 1. The van der Waals surface area contributed by atoms with E-state index >= 15 is 0 Å². The van der Waals surface area contributed by atoms with Crippen LogP contribution in [0.2, 0.25) is 5.02 Å². The van der Waals surface area contributed by atoms with E-state index in [0.29, 0.717) is 5.56 Å². The van der Waals surface area contributed by atoms with Gasteiger partial charge in [0.2, 0.25) is 10.0 Å². The maximum Gasteiger partial charge on any atom is 0.318 e. The van der Waals surface area contributed by atoms with Crippen molar-refractivity contribution in [2.24, 2.45) is 0 Å². The van der Waals surface area contributed by atoms with E-state index in [1.54, 1.807) is 32.9 Å². The first-order chi connectivity index (χ1) is 8.67. The van der Waals surface area contributed by atoms with Gasteiger partial charge in [-0.2, -0.15) is 4.31 Å². The monoisotopic (exact) mass is 305 g/mol. The Bertz CT molecular complexity index is 583. The Balaban J connectivity index is 3.35. The molecule has 1 aromatic rings. The van der Waals surface area contributed by atoms with Crippen molar-refractivity contribution in [2.45, 2.75) is 31.7 Å². The van der Waals surface area contributed by atoms with E-state index in [-0.39, 0.29) is 9.92 Å². The highest BCUT2D eigenvalue weighted by atomic mass is 35.5. The molecule has 0 aromatic heterocycles. The Morgan fingerprint density at radius 2 is 2.00 bits per heavy atom. The number of aryl methyl sites for hydroxylation is 1. The Morgan fingerprint density at radius 1 is 1.42 bits per heavy atom. The van der Waals surface area contributed by atoms with E-state index in [0.717, 1.165) is 4.31 Å². The van der Waals surface area contributed by atoms with Crippen LogP contribution in [0, 0.1) is 6.92 Å². The molecule has 7 heteroatoms. The molecule has 0 fully saturated rings. The Labute approximate surface area is 117 Å². The number of hydrogen-bond acceptors (Lipinski definition) is 3. The van der Waals surface area contributed by atoms with Gasteiger partial charge in [-0.05, 0) is 32.4 Å². The van der Waals surface area contributed by atoms with Gasteiger partial charge in [-0.3, -0.25) is 4.79 Å². The molecule has 0 saturated carbocycles. The van der Waals surface area contributed by atoms with Crippen LogP contribution in [-0.2, 0) is 14.8 Å². The number of aliphatic carboxylic acids is 1. The first-order valence-corrected chi connectivity index (χ1v) is 7.48. The lowest BCUT2D eigenvalue weighted by Gasteiger charge is -2.24. The summed E-state index contributed by atoms with van der Waals surface area (Å²) < 4.78 is 25.8. The summed E-state index contributed by atoms with van der Waals surface area (Å²) in [7, 11) is -3.93. The molecule has 0 aliphatic heterocycles. The van der Waals surface area contributed by atoms with Gasteiger partial charge in [0.15, 0.2) is 0 Å². The fourth-order valence-corrected chi connectivity index (χ4v) is 3.77. The fraction of sp³-hybridized carbons (Fsp3) is 0.417. The average molecular weight is 306 g/mol. The van der Waals surface area contributed by atoms with Crippen molar-refractivity contribution in [3.05, 3.63) is 28.8 Å². The molecule has 106 valence electrons. The summed E-state index contributed by atoms with van der Waals surface area (Å²) >= 11 is 6.01. The van der Waals surface area contributed by atoms with E-state index in [9.17, 15) is 13.2 Å². The fourth-order valence-electron chi connectivity index (χ4n) is 1.62. The number of rotatable bonds is 5. The molecule has 0 aliphatic carbocycles. The van der Waals surface area contributed by atoms with Crippen LogP contribution in [-0.4, -0.2) is 36.4 Å². The van der Waals surface area contributed by atoms with Gasteiger partial charge in [-0.1, -0.05) is 23.7 Å². The Hall–Kier alpha value is -1.11. The van der Waals surface area contributed by atoms with Crippen LogP contribution in [0.1, 0.15) is 19.4 Å². The zero-order valence-electron chi connectivity index (χ0n) is 10.9. The molecule has 0 amide bonds. The smallest absolute Gasteiger partial charge is 0.318 e. The SMILES string of the molecule is Cc1cccc(S(=O)(=O)N(CC(=O)O)C(C)C)c1Cl. The standard InChI is InChI=1S/C12H16ClNO4S/c1-8(2)14(7-11(15)16)19(17,18)10-6-4-5-9(3)12(10)13/h4-6,8H,7H2,1-3H3,(H,15,16). The van der Waals surface area contributed by atoms with Crippen molar-refractivity contribution < 1.29 is 18.3 Å². The number of halogens is 1. The number of carboxylic acids is 1. The highest BCUT2D eigenvalue weighted by molar-refractivity contribution is 7.89. The third kappa shape index (κ3) is 3.46. The lowest BCUT2D eigenvalue weighted by Crippen LogP contribution is -2.40. The van der Waals surface area contributed by atoms with Gasteiger partial charge in [0.05, 0.1) is 5.02 Å². The highest BCUT2D eigenvalue weighted by Gasteiger charge is 2.30. The third-order valence-electron chi connectivity index (χ3n) is 2.61. The molecule has 0 spiro atoms. The first kappa shape index (κ1) is 15.9. The van der Waals surface area contributed by atoms with E-state index in [4.69, 9.17) is 16.7 Å². The van der Waals surface area contributed by atoms with Crippen LogP contribution in [0.3, 0.4) is 0 Å². The van der Waals surface area contributed by atoms with Crippen LogP contribution in [0.25, 0.3) is 0 Å². The quantitative estimate of drug-likeness (QED) is 0.904. The average Bonchev–Trinajstić information content (AvgIpc) is 2.28. The summed E-state index contributed by atoms with van der Waals surface area (Å²) in [4.78, 5) is 10.7. The van der Waals surface area contributed by atoms with Gasteiger partial charge in [0.25, 0.3) is 0 Å². The summed E-state index contributed by atoms with van der Waals surface area (Å²) in [5, 5.41) is 8.95.